The molecule has 2 aromatic rings. The fraction of sp³-hybridized carbons (Fsp3) is 0.400. The summed E-state index contributed by atoms with van der Waals surface area (Å²) in [5, 5.41) is 3.07. The second-order valence-corrected chi connectivity index (χ2v) is 7.93. The van der Waals surface area contributed by atoms with Crippen molar-refractivity contribution in [1.82, 2.24) is 9.80 Å². The Morgan fingerprint density at radius 2 is 1.76 bits per heavy atom. The predicted octanol–water partition coefficient (Wildman–Crippen LogP) is 4.35. The van der Waals surface area contributed by atoms with Gasteiger partial charge < -0.3 is 10.2 Å². The first kappa shape index (κ1) is 21.3. The Balaban J connectivity index is 1.40. The van der Waals surface area contributed by atoms with Crippen molar-refractivity contribution >= 4 is 17.7 Å². The van der Waals surface area contributed by atoms with Crippen LogP contribution in [0.4, 0.5) is 5.69 Å². The van der Waals surface area contributed by atoms with E-state index in [2.05, 4.69) is 63.7 Å². The number of hydrogen-bond donors (Lipinski definition) is 1. The molecule has 1 fully saturated rings. The lowest BCUT2D eigenvalue weighted by molar-refractivity contribution is -0.116. The van der Waals surface area contributed by atoms with E-state index in [9.17, 15) is 4.79 Å². The SMILES string of the molecule is Cc1ccc(C)c(NC(=O)CCN2CCCN(C/C=C/c3ccccc3)CC2)c1. The van der Waals surface area contributed by atoms with E-state index in [-0.39, 0.29) is 5.91 Å². The van der Waals surface area contributed by atoms with E-state index in [1.54, 1.807) is 0 Å². The molecule has 1 aliphatic rings. The molecule has 0 unspecified atom stereocenters. The third-order valence-corrected chi connectivity index (χ3v) is 5.48. The van der Waals surface area contributed by atoms with Gasteiger partial charge in [0.2, 0.25) is 5.91 Å². The molecule has 0 aromatic heterocycles. The third kappa shape index (κ3) is 7.15. The highest BCUT2D eigenvalue weighted by atomic mass is 16.1. The molecule has 2 aromatic carbocycles. The van der Waals surface area contributed by atoms with Crippen LogP contribution in [0.15, 0.2) is 54.6 Å². The number of benzene rings is 2. The maximum absolute atomic E-state index is 12.4. The van der Waals surface area contributed by atoms with Crippen molar-refractivity contribution in [2.24, 2.45) is 0 Å². The Hall–Kier alpha value is -2.43. The minimum absolute atomic E-state index is 0.102. The van der Waals surface area contributed by atoms with Gasteiger partial charge in [-0.05, 0) is 56.1 Å². The van der Waals surface area contributed by atoms with Gasteiger partial charge in [-0.1, -0.05) is 54.6 Å². The van der Waals surface area contributed by atoms with Crippen LogP contribution in [0.25, 0.3) is 6.08 Å². The Morgan fingerprint density at radius 3 is 2.59 bits per heavy atom. The summed E-state index contributed by atoms with van der Waals surface area (Å²) >= 11 is 0. The van der Waals surface area contributed by atoms with E-state index in [1.807, 2.05) is 26.0 Å². The van der Waals surface area contributed by atoms with Gasteiger partial charge >= 0.3 is 0 Å². The fourth-order valence-corrected chi connectivity index (χ4v) is 3.68. The molecule has 0 spiro atoms. The number of hydrogen-bond acceptors (Lipinski definition) is 3. The van der Waals surface area contributed by atoms with Crippen molar-refractivity contribution in [3.8, 4) is 0 Å². The standard InChI is InChI=1S/C25H33N3O/c1-21-11-12-22(2)24(20-21)26-25(29)13-17-28-16-7-15-27(18-19-28)14-6-10-23-8-4-3-5-9-23/h3-6,8-12,20H,7,13-19H2,1-2H3,(H,26,29)/b10-6+. The van der Waals surface area contributed by atoms with Crippen LogP contribution in [-0.4, -0.2) is 55.0 Å². The van der Waals surface area contributed by atoms with Gasteiger partial charge in [-0.25, -0.2) is 0 Å². The fourth-order valence-electron chi connectivity index (χ4n) is 3.68. The van der Waals surface area contributed by atoms with Gasteiger partial charge in [0, 0.05) is 38.3 Å². The largest absolute Gasteiger partial charge is 0.326 e. The summed E-state index contributed by atoms with van der Waals surface area (Å²) in [5.41, 5.74) is 4.46. The lowest BCUT2D eigenvalue weighted by Gasteiger charge is -2.21. The topological polar surface area (TPSA) is 35.6 Å². The van der Waals surface area contributed by atoms with E-state index in [1.165, 1.54) is 11.1 Å². The zero-order valence-electron chi connectivity index (χ0n) is 17.7. The van der Waals surface area contributed by atoms with Crippen LogP contribution in [0.5, 0.6) is 0 Å². The van der Waals surface area contributed by atoms with Gasteiger partial charge in [0.25, 0.3) is 0 Å². The molecule has 1 heterocycles. The summed E-state index contributed by atoms with van der Waals surface area (Å²) in [7, 11) is 0. The van der Waals surface area contributed by atoms with Crippen LogP contribution in [0, 0.1) is 13.8 Å². The Morgan fingerprint density at radius 1 is 1.00 bits per heavy atom. The number of anilines is 1. The lowest BCUT2D eigenvalue weighted by Crippen LogP contribution is -2.32. The summed E-state index contributed by atoms with van der Waals surface area (Å²) in [6.07, 6.45) is 6.14. The lowest BCUT2D eigenvalue weighted by atomic mass is 10.1. The number of carbonyl (C=O) groups excluding carboxylic acids is 1. The number of rotatable bonds is 7. The van der Waals surface area contributed by atoms with Crippen LogP contribution < -0.4 is 5.32 Å². The van der Waals surface area contributed by atoms with Gasteiger partial charge in [-0.3, -0.25) is 9.69 Å². The molecule has 0 atom stereocenters. The molecule has 0 bridgehead atoms. The average Bonchev–Trinajstić information content (AvgIpc) is 2.95. The van der Waals surface area contributed by atoms with Crippen LogP contribution in [0.1, 0.15) is 29.5 Å². The van der Waals surface area contributed by atoms with Gasteiger partial charge in [0.1, 0.15) is 0 Å². The second-order valence-electron chi connectivity index (χ2n) is 7.93. The van der Waals surface area contributed by atoms with Crippen LogP contribution >= 0.6 is 0 Å². The number of nitrogens with one attached hydrogen (secondary N) is 1. The van der Waals surface area contributed by atoms with Crippen molar-refractivity contribution in [3.63, 3.8) is 0 Å². The molecular weight excluding hydrogens is 358 g/mol. The van der Waals surface area contributed by atoms with Gasteiger partial charge in [-0.2, -0.15) is 0 Å². The van der Waals surface area contributed by atoms with Crippen molar-refractivity contribution in [2.45, 2.75) is 26.7 Å². The van der Waals surface area contributed by atoms with E-state index < -0.39 is 0 Å². The third-order valence-electron chi connectivity index (χ3n) is 5.48. The Labute approximate surface area is 175 Å². The maximum Gasteiger partial charge on any atom is 0.225 e. The highest BCUT2D eigenvalue weighted by molar-refractivity contribution is 5.91. The second kappa shape index (κ2) is 10.9. The molecule has 29 heavy (non-hydrogen) atoms. The predicted molar refractivity (Wildman–Crippen MR) is 122 cm³/mol. The molecule has 3 rings (SSSR count). The van der Waals surface area contributed by atoms with Gasteiger partial charge in [0.05, 0.1) is 0 Å². The maximum atomic E-state index is 12.4. The number of amides is 1. The first-order valence-corrected chi connectivity index (χ1v) is 10.6. The number of aryl methyl sites for hydroxylation is 2. The van der Waals surface area contributed by atoms with Crippen molar-refractivity contribution in [2.75, 3.05) is 44.6 Å². The van der Waals surface area contributed by atoms with Crippen molar-refractivity contribution in [1.29, 1.82) is 0 Å². The Kier molecular flexibility index (Phi) is 8.03. The zero-order valence-corrected chi connectivity index (χ0v) is 17.7. The number of carbonyl (C=O) groups is 1. The molecule has 0 saturated carbocycles. The molecule has 1 amide bonds. The van der Waals surface area contributed by atoms with E-state index >= 15 is 0 Å². The normalized spacial score (nSPS) is 16.1. The Bertz CT molecular complexity index is 816. The first-order chi connectivity index (χ1) is 14.1. The smallest absolute Gasteiger partial charge is 0.225 e. The minimum Gasteiger partial charge on any atom is -0.326 e. The zero-order chi connectivity index (χ0) is 20.5. The molecule has 0 aliphatic carbocycles. The van der Waals surface area contributed by atoms with Crippen LogP contribution in [0.2, 0.25) is 0 Å². The molecule has 4 nitrogen and oxygen atoms in total. The molecule has 154 valence electrons. The highest BCUT2D eigenvalue weighted by Crippen LogP contribution is 2.16. The molecule has 0 radical (unpaired) electrons. The van der Waals surface area contributed by atoms with E-state index in [0.717, 1.165) is 56.9 Å². The summed E-state index contributed by atoms with van der Waals surface area (Å²) in [6.45, 7) is 10.1. The number of nitrogens with zero attached hydrogens (tertiary/aromatic N) is 2. The molecular formula is C25H33N3O. The summed E-state index contributed by atoms with van der Waals surface area (Å²) in [6, 6.07) is 16.6. The van der Waals surface area contributed by atoms with Crippen LogP contribution in [-0.2, 0) is 4.79 Å². The van der Waals surface area contributed by atoms with Gasteiger partial charge in [-0.15, -0.1) is 0 Å². The van der Waals surface area contributed by atoms with Crippen LogP contribution in [0.3, 0.4) is 0 Å². The summed E-state index contributed by atoms with van der Waals surface area (Å²) in [4.78, 5) is 17.3. The molecule has 4 heteroatoms. The summed E-state index contributed by atoms with van der Waals surface area (Å²) in [5.74, 6) is 0.102. The molecule has 1 N–H and O–H groups in total. The van der Waals surface area contributed by atoms with Crippen molar-refractivity contribution < 1.29 is 4.79 Å². The van der Waals surface area contributed by atoms with Crippen molar-refractivity contribution in [3.05, 3.63) is 71.3 Å². The minimum atomic E-state index is 0.102. The highest BCUT2D eigenvalue weighted by Gasteiger charge is 2.15. The monoisotopic (exact) mass is 391 g/mol. The molecule has 1 saturated heterocycles. The molecule has 1 aliphatic heterocycles. The van der Waals surface area contributed by atoms with Gasteiger partial charge in [0.15, 0.2) is 0 Å². The summed E-state index contributed by atoms with van der Waals surface area (Å²) < 4.78 is 0. The van der Waals surface area contributed by atoms with E-state index in [4.69, 9.17) is 0 Å². The van der Waals surface area contributed by atoms with E-state index in [0.29, 0.717) is 6.42 Å². The quantitative estimate of drug-likeness (QED) is 0.762. The first-order valence-electron chi connectivity index (χ1n) is 10.6. The average molecular weight is 392 g/mol.